The number of hydrogen-bond acceptors (Lipinski definition) is 6. The Labute approximate surface area is 70.7 Å². The van der Waals surface area contributed by atoms with Crippen LogP contribution >= 0.6 is 0 Å². The lowest BCUT2D eigenvalue weighted by atomic mass is 10.8. The van der Waals surface area contributed by atoms with Gasteiger partial charge in [-0.15, -0.1) is 0 Å². The molecule has 0 bridgehead atoms. The van der Waals surface area contributed by atoms with Gasteiger partial charge in [0.25, 0.3) is 20.2 Å². The lowest BCUT2D eigenvalue weighted by Crippen LogP contribution is -2.26. The van der Waals surface area contributed by atoms with E-state index in [0.717, 1.165) is 0 Å². The van der Waals surface area contributed by atoms with Gasteiger partial charge in [-0.2, -0.15) is 16.8 Å². The molecule has 0 aliphatic carbocycles. The van der Waals surface area contributed by atoms with Gasteiger partial charge in [0, 0.05) is 0 Å². The van der Waals surface area contributed by atoms with Crippen LogP contribution in [0, 0.1) is 0 Å². The summed E-state index contributed by atoms with van der Waals surface area (Å²) in [5.74, 6) is -1.09. The molecule has 0 saturated carbocycles. The molecule has 0 amide bonds. The zero-order valence-electron chi connectivity index (χ0n) is 6.09. The molecule has 1 saturated heterocycles. The summed E-state index contributed by atoms with van der Waals surface area (Å²) < 4.78 is 51.8. The van der Waals surface area contributed by atoms with E-state index in [1.54, 1.807) is 0 Å². The zero-order chi connectivity index (χ0) is 9.24. The van der Waals surface area contributed by atoms with Crippen LogP contribution in [0.15, 0.2) is 0 Å². The molecular formula is C4H8O6S2. The first-order valence-electron chi connectivity index (χ1n) is 3.15. The fraction of sp³-hybridized carbons (Fsp3) is 1.00. The Bertz CT molecular complexity index is 302. The Balaban J connectivity index is 2.77. The molecule has 0 aromatic heterocycles. The second kappa shape index (κ2) is 3.29. The van der Waals surface area contributed by atoms with Gasteiger partial charge in [-0.3, -0.25) is 8.37 Å². The maximum absolute atomic E-state index is 10.8. The molecule has 0 aromatic carbocycles. The fourth-order valence-corrected chi connectivity index (χ4v) is 3.16. The van der Waals surface area contributed by atoms with Crippen molar-refractivity contribution in [3.05, 3.63) is 0 Å². The highest BCUT2D eigenvalue weighted by atomic mass is 32.2. The van der Waals surface area contributed by atoms with E-state index in [1.165, 1.54) is 0 Å². The molecule has 12 heavy (non-hydrogen) atoms. The summed E-state index contributed by atoms with van der Waals surface area (Å²) in [7, 11) is -7.35. The molecule has 8 heteroatoms. The first-order chi connectivity index (χ1) is 5.41. The smallest absolute Gasteiger partial charge is 0.268 e. The van der Waals surface area contributed by atoms with Gasteiger partial charge in [0.2, 0.25) is 0 Å². The normalized spacial score (nSPS) is 28.7. The largest absolute Gasteiger partial charge is 0.268 e. The Morgan fingerprint density at radius 1 is 0.750 bits per heavy atom. The quantitative estimate of drug-likeness (QED) is 0.467. The predicted molar refractivity (Wildman–Crippen MR) is 39.5 cm³/mol. The summed E-state index contributed by atoms with van der Waals surface area (Å²) >= 11 is 0. The summed E-state index contributed by atoms with van der Waals surface area (Å²) in [6, 6.07) is 0. The van der Waals surface area contributed by atoms with Gasteiger partial charge >= 0.3 is 0 Å². The maximum Gasteiger partial charge on any atom is 0.268 e. The van der Waals surface area contributed by atoms with Gasteiger partial charge in [0.15, 0.2) is 0 Å². The van der Waals surface area contributed by atoms with E-state index in [-0.39, 0.29) is 13.2 Å². The van der Waals surface area contributed by atoms with Crippen LogP contribution in [0.5, 0.6) is 0 Å². The van der Waals surface area contributed by atoms with Crippen molar-refractivity contribution in [2.45, 2.75) is 0 Å². The fourth-order valence-electron chi connectivity index (χ4n) is 0.644. The van der Waals surface area contributed by atoms with Crippen LogP contribution in [-0.4, -0.2) is 41.6 Å². The highest BCUT2D eigenvalue weighted by molar-refractivity contribution is 7.90. The van der Waals surface area contributed by atoms with Gasteiger partial charge in [-0.25, -0.2) is 0 Å². The average Bonchev–Trinajstić information content (AvgIpc) is 1.94. The number of rotatable bonds is 0. The molecule has 1 heterocycles. The molecule has 0 atom stereocenters. The minimum Gasteiger partial charge on any atom is -0.268 e. The standard InChI is InChI=1S/C4H8O6S2/c5-11(6)3-4-12(7,8)10-2-1-9-11/h1-4H2. The molecule has 1 aliphatic heterocycles. The van der Waals surface area contributed by atoms with E-state index in [4.69, 9.17) is 0 Å². The summed E-state index contributed by atoms with van der Waals surface area (Å²) in [5.41, 5.74) is 0. The van der Waals surface area contributed by atoms with Crippen LogP contribution in [0.3, 0.4) is 0 Å². The van der Waals surface area contributed by atoms with Gasteiger partial charge in [-0.1, -0.05) is 0 Å². The predicted octanol–water partition coefficient (Wildman–Crippen LogP) is -1.31. The summed E-state index contributed by atoms with van der Waals surface area (Å²) in [5, 5.41) is 0. The number of hydrogen-bond donors (Lipinski definition) is 0. The molecule has 1 fully saturated rings. The third kappa shape index (κ3) is 3.05. The van der Waals surface area contributed by atoms with Gasteiger partial charge in [-0.05, 0) is 0 Å². The van der Waals surface area contributed by atoms with E-state index < -0.39 is 31.7 Å². The Morgan fingerprint density at radius 3 is 1.42 bits per heavy atom. The van der Waals surface area contributed by atoms with E-state index in [2.05, 4.69) is 8.37 Å². The van der Waals surface area contributed by atoms with E-state index >= 15 is 0 Å². The first kappa shape index (κ1) is 9.90. The van der Waals surface area contributed by atoms with Crippen molar-refractivity contribution < 1.29 is 25.2 Å². The van der Waals surface area contributed by atoms with Crippen molar-refractivity contribution in [3.63, 3.8) is 0 Å². The molecule has 0 N–H and O–H groups in total. The van der Waals surface area contributed by atoms with Crippen molar-refractivity contribution in [2.24, 2.45) is 0 Å². The summed E-state index contributed by atoms with van der Waals surface area (Å²) in [4.78, 5) is 0. The van der Waals surface area contributed by atoms with Crippen molar-refractivity contribution in [1.29, 1.82) is 0 Å². The minimum absolute atomic E-state index is 0.248. The maximum atomic E-state index is 10.8. The molecule has 0 unspecified atom stereocenters. The Hall–Kier alpha value is -0.180. The van der Waals surface area contributed by atoms with E-state index in [0.29, 0.717) is 0 Å². The molecule has 0 spiro atoms. The van der Waals surface area contributed by atoms with Gasteiger partial charge < -0.3 is 0 Å². The van der Waals surface area contributed by atoms with Gasteiger partial charge in [0.1, 0.15) is 0 Å². The molecule has 1 aliphatic rings. The molecule has 0 radical (unpaired) electrons. The molecule has 1 rings (SSSR count). The zero-order valence-corrected chi connectivity index (χ0v) is 7.73. The monoisotopic (exact) mass is 216 g/mol. The Morgan fingerprint density at radius 2 is 1.08 bits per heavy atom. The van der Waals surface area contributed by atoms with E-state index in [9.17, 15) is 16.8 Å². The molecule has 72 valence electrons. The van der Waals surface area contributed by atoms with Crippen LogP contribution in [0.4, 0.5) is 0 Å². The summed E-state index contributed by atoms with van der Waals surface area (Å²) in [6.45, 7) is -0.497. The first-order valence-corrected chi connectivity index (χ1v) is 6.31. The van der Waals surface area contributed by atoms with Crippen LogP contribution in [0.25, 0.3) is 0 Å². The van der Waals surface area contributed by atoms with Crippen molar-refractivity contribution in [1.82, 2.24) is 0 Å². The molecule has 6 nitrogen and oxygen atoms in total. The highest BCUT2D eigenvalue weighted by Crippen LogP contribution is 2.03. The van der Waals surface area contributed by atoms with Crippen LogP contribution < -0.4 is 0 Å². The highest BCUT2D eigenvalue weighted by Gasteiger charge is 2.22. The second-order valence-electron chi connectivity index (χ2n) is 2.17. The average molecular weight is 216 g/mol. The SMILES string of the molecule is O=S1(=O)CCS(=O)(=O)OCCO1. The molecular weight excluding hydrogens is 208 g/mol. The lowest BCUT2D eigenvalue weighted by Gasteiger charge is -2.10. The topological polar surface area (TPSA) is 86.7 Å². The van der Waals surface area contributed by atoms with Crippen molar-refractivity contribution in [3.8, 4) is 0 Å². The lowest BCUT2D eigenvalue weighted by molar-refractivity contribution is 0.220. The second-order valence-corrected chi connectivity index (χ2v) is 5.69. The minimum atomic E-state index is -3.67. The third-order valence-electron chi connectivity index (χ3n) is 1.19. The van der Waals surface area contributed by atoms with Gasteiger partial charge in [0.05, 0.1) is 24.7 Å². The van der Waals surface area contributed by atoms with Crippen molar-refractivity contribution >= 4 is 20.2 Å². The summed E-state index contributed by atoms with van der Waals surface area (Å²) in [6.07, 6.45) is 0. The third-order valence-corrected chi connectivity index (χ3v) is 3.91. The Kier molecular flexibility index (Phi) is 2.71. The van der Waals surface area contributed by atoms with Crippen LogP contribution in [0.1, 0.15) is 0 Å². The van der Waals surface area contributed by atoms with Crippen LogP contribution in [0.2, 0.25) is 0 Å². The van der Waals surface area contributed by atoms with E-state index in [1.807, 2.05) is 0 Å². The molecule has 0 aromatic rings. The van der Waals surface area contributed by atoms with Crippen LogP contribution in [-0.2, 0) is 28.6 Å². The van der Waals surface area contributed by atoms with Crippen molar-refractivity contribution in [2.75, 3.05) is 24.7 Å².